The number of nitrogens with zero attached hydrogens (tertiary/aromatic N) is 1. The van der Waals surface area contributed by atoms with E-state index < -0.39 is 27.4 Å². The van der Waals surface area contributed by atoms with Crippen LogP contribution in [0.4, 0.5) is 0 Å². The second-order valence-corrected chi connectivity index (χ2v) is 14.6. The molecule has 0 fully saturated rings. The van der Waals surface area contributed by atoms with Gasteiger partial charge in [0.25, 0.3) is 5.91 Å². The van der Waals surface area contributed by atoms with E-state index in [-0.39, 0.29) is 42.9 Å². The number of fused-ring (bicyclic) bond motifs is 1. The number of amides is 1. The highest BCUT2D eigenvalue weighted by Crippen LogP contribution is 2.44. The monoisotopic (exact) mass is 718 g/mol. The predicted octanol–water partition coefficient (Wildman–Crippen LogP) is 6.28. The van der Waals surface area contributed by atoms with Crippen LogP contribution in [0.25, 0.3) is 11.1 Å². The number of hydrogen-bond acceptors (Lipinski definition) is 9. The lowest BCUT2D eigenvalue weighted by atomic mass is 9.84. The number of aliphatic imine (C=N–C) groups is 1. The highest BCUT2D eigenvalue weighted by atomic mass is 32.2. The van der Waals surface area contributed by atoms with Crippen molar-refractivity contribution in [2.45, 2.75) is 35.9 Å². The molecule has 2 aliphatic rings. The van der Waals surface area contributed by atoms with E-state index in [1.165, 1.54) is 0 Å². The number of carbonyl (C=O) groups excluding carboxylic acids is 1. The van der Waals surface area contributed by atoms with Gasteiger partial charge in [-0.2, -0.15) is 0 Å². The minimum absolute atomic E-state index is 0.0231. The first kappa shape index (κ1) is 34.8. The number of hydrogen-bond donors (Lipinski definition) is 2. The highest BCUT2D eigenvalue weighted by molar-refractivity contribution is 7.91. The molecule has 5 aromatic carbocycles. The zero-order valence-electron chi connectivity index (χ0n) is 28.3. The molecule has 0 aromatic heterocycles. The zero-order valence-corrected chi connectivity index (χ0v) is 29.1. The molecule has 0 spiro atoms. The van der Waals surface area contributed by atoms with Crippen LogP contribution in [0.3, 0.4) is 0 Å². The Balaban J connectivity index is 1.27. The molecule has 52 heavy (non-hydrogen) atoms. The smallest absolute Gasteiger partial charge is 0.252 e. The SMILES string of the molecule is O=C(NCc1ccc2c(c1)OCO2)[C@]1(CCS(=O)(=O)c2ccccc2)N=C(c2ccc(OCCCO)cc2)O[C@@H]1c1ccc(-c2ccccc2)cc1. The molecule has 2 aliphatic heterocycles. The Bertz CT molecular complexity index is 2140. The van der Waals surface area contributed by atoms with Gasteiger partial charge in [0.15, 0.2) is 33.0 Å². The third-order valence-corrected chi connectivity index (χ3v) is 10.8. The van der Waals surface area contributed by atoms with Crippen molar-refractivity contribution in [1.82, 2.24) is 5.32 Å². The van der Waals surface area contributed by atoms with Gasteiger partial charge in [-0.15, -0.1) is 0 Å². The Morgan fingerprint density at radius 3 is 2.23 bits per heavy atom. The van der Waals surface area contributed by atoms with E-state index in [1.807, 2.05) is 60.7 Å². The lowest BCUT2D eigenvalue weighted by Gasteiger charge is -2.30. The number of nitrogens with one attached hydrogen (secondary N) is 1. The maximum Gasteiger partial charge on any atom is 0.252 e. The summed E-state index contributed by atoms with van der Waals surface area (Å²) >= 11 is 0. The standard InChI is InChI=1S/C41H38N2O8S/c44-23-7-24-48-34-19-17-33(18-20-34)39-43-41(22-25-52(46,47)35-10-5-2-6-11-35,40(45)42-27-29-12-21-36-37(26-29)50-28-49-36)38(51-39)32-15-13-31(14-16-32)30-8-3-1-4-9-30/h1-6,8-21,26,38,44H,7,22-25,27-28H2,(H,42,45)/t38-,41-/m1/s1. The normalized spacial score (nSPS) is 17.6. The van der Waals surface area contributed by atoms with Crippen LogP contribution in [0.15, 0.2) is 137 Å². The summed E-state index contributed by atoms with van der Waals surface area (Å²) in [5.74, 6) is 1.18. The third kappa shape index (κ3) is 7.51. The van der Waals surface area contributed by atoms with E-state index in [9.17, 15) is 13.2 Å². The molecule has 0 unspecified atom stereocenters. The molecule has 11 heteroatoms. The van der Waals surface area contributed by atoms with Gasteiger partial charge in [-0.25, -0.2) is 13.4 Å². The molecular formula is C41H38N2O8S. The van der Waals surface area contributed by atoms with Gasteiger partial charge < -0.3 is 29.4 Å². The molecular weight excluding hydrogens is 681 g/mol. The van der Waals surface area contributed by atoms with Crippen LogP contribution in [-0.2, 0) is 25.9 Å². The number of benzene rings is 5. The number of aliphatic hydroxyl groups is 1. The van der Waals surface area contributed by atoms with Crippen LogP contribution < -0.4 is 19.5 Å². The second-order valence-electron chi connectivity index (χ2n) is 12.5. The zero-order chi connectivity index (χ0) is 36.0. The van der Waals surface area contributed by atoms with Crippen molar-refractivity contribution in [2.75, 3.05) is 25.8 Å². The molecule has 0 bridgehead atoms. The van der Waals surface area contributed by atoms with Gasteiger partial charge in [0, 0.05) is 31.6 Å². The maximum absolute atomic E-state index is 14.7. The summed E-state index contributed by atoms with van der Waals surface area (Å²) in [6, 6.07) is 38.3. The van der Waals surface area contributed by atoms with E-state index in [1.54, 1.807) is 66.7 Å². The maximum atomic E-state index is 14.7. The first-order chi connectivity index (χ1) is 25.3. The number of aliphatic hydroxyl groups excluding tert-OH is 1. The number of sulfone groups is 1. The van der Waals surface area contributed by atoms with Gasteiger partial charge in [0.05, 0.1) is 17.3 Å². The summed E-state index contributed by atoms with van der Waals surface area (Å²) in [5, 5.41) is 12.2. The third-order valence-electron chi connectivity index (χ3n) is 9.09. The highest BCUT2D eigenvalue weighted by Gasteiger charge is 2.53. The van der Waals surface area contributed by atoms with Gasteiger partial charge in [-0.1, -0.05) is 78.9 Å². The quantitative estimate of drug-likeness (QED) is 0.128. The molecule has 266 valence electrons. The van der Waals surface area contributed by atoms with Crippen LogP contribution >= 0.6 is 0 Å². The molecule has 10 nitrogen and oxygen atoms in total. The first-order valence-corrected chi connectivity index (χ1v) is 18.7. The first-order valence-electron chi connectivity index (χ1n) is 17.1. The molecule has 7 rings (SSSR count). The van der Waals surface area contributed by atoms with Crippen molar-refractivity contribution in [1.29, 1.82) is 0 Å². The fraction of sp³-hybridized carbons (Fsp3) is 0.220. The summed E-state index contributed by atoms with van der Waals surface area (Å²) in [6.07, 6.45) is -0.623. The minimum atomic E-state index is -3.81. The number of ether oxygens (including phenoxy) is 4. The number of rotatable bonds is 14. The molecule has 0 radical (unpaired) electrons. The summed E-state index contributed by atoms with van der Waals surface area (Å²) in [5.41, 5.74) is 2.37. The molecule has 1 amide bonds. The van der Waals surface area contributed by atoms with Crippen molar-refractivity contribution in [3.63, 3.8) is 0 Å². The Morgan fingerprint density at radius 2 is 1.50 bits per heavy atom. The fourth-order valence-electron chi connectivity index (χ4n) is 6.27. The van der Waals surface area contributed by atoms with Crippen LogP contribution in [-0.4, -0.2) is 56.6 Å². The van der Waals surface area contributed by atoms with Crippen molar-refractivity contribution < 1.29 is 37.3 Å². The van der Waals surface area contributed by atoms with Crippen molar-refractivity contribution >= 4 is 21.6 Å². The molecule has 5 aromatic rings. The van der Waals surface area contributed by atoms with Crippen molar-refractivity contribution in [2.24, 2.45) is 4.99 Å². The lowest BCUT2D eigenvalue weighted by molar-refractivity contribution is -0.129. The summed E-state index contributed by atoms with van der Waals surface area (Å²) in [6.45, 7) is 0.638. The van der Waals surface area contributed by atoms with Crippen molar-refractivity contribution in [3.8, 4) is 28.4 Å². The van der Waals surface area contributed by atoms with Crippen LogP contribution in [0.1, 0.15) is 35.6 Å². The lowest BCUT2D eigenvalue weighted by Crippen LogP contribution is -2.49. The van der Waals surface area contributed by atoms with E-state index in [4.69, 9.17) is 29.0 Å². The number of carbonyl (C=O) groups is 1. The summed E-state index contributed by atoms with van der Waals surface area (Å²) in [7, 11) is -3.81. The summed E-state index contributed by atoms with van der Waals surface area (Å²) in [4.78, 5) is 19.8. The van der Waals surface area contributed by atoms with Crippen LogP contribution in [0, 0.1) is 0 Å². The van der Waals surface area contributed by atoms with E-state index in [0.717, 1.165) is 16.7 Å². The molecule has 0 saturated heterocycles. The van der Waals surface area contributed by atoms with Gasteiger partial charge in [-0.05, 0) is 70.8 Å². The Kier molecular flexibility index (Phi) is 10.2. The Labute approximate surface area is 302 Å². The second kappa shape index (κ2) is 15.3. The van der Waals surface area contributed by atoms with Gasteiger partial charge in [0.1, 0.15) is 5.75 Å². The topological polar surface area (TPSA) is 133 Å². The molecule has 0 saturated carbocycles. The van der Waals surface area contributed by atoms with Crippen LogP contribution in [0.5, 0.6) is 17.2 Å². The fourth-order valence-corrected chi connectivity index (χ4v) is 7.66. The van der Waals surface area contributed by atoms with Gasteiger partial charge in [-0.3, -0.25) is 4.79 Å². The predicted molar refractivity (Wildman–Crippen MR) is 196 cm³/mol. The Hall–Kier alpha value is -5.65. The van der Waals surface area contributed by atoms with Crippen LogP contribution in [0.2, 0.25) is 0 Å². The van der Waals surface area contributed by atoms with E-state index >= 15 is 0 Å². The largest absolute Gasteiger partial charge is 0.494 e. The Morgan fingerprint density at radius 1 is 0.827 bits per heavy atom. The molecule has 2 heterocycles. The average molecular weight is 719 g/mol. The van der Waals surface area contributed by atoms with Crippen molar-refractivity contribution in [3.05, 3.63) is 144 Å². The molecule has 2 N–H and O–H groups in total. The molecule has 0 aliphatic carbocycles. The average Bonchev–Trinajstić information content (AvgIpc) is 3.83. The van der Waals surface area contributed by atoms with Gasteiger partial charge in [0.2, 0.25) is 12.7 Å². The summed E-state index contributed by atoms with van der Waals surface area (Å²) < 4.78 is 50.7. The van der Waals surface area contributed by atoms with E-state index in [2.05, 4.69) is 5.32 Å². The molecule has 2 atom stereocenters. The minimum Gasteiger partial charge on any atom is -0.494 e. The van der Waals surface area contributed by atoms with Gasteiger partial charge >= 0.3 is 0 Å². The van der Waals surface area contributed by atoms with E-state index in [0.29, 0.717) is 41.4 Å².